The number of para-hydroxylation sites is 1. The number of nitrogens with one attached hydrogen (secondary N) is 2. The summed E-state index contributed by atoms with van der Waals surface area (Å²) in [5.41, 5.74) is 1.11. The molecule has 2 heterocycles. The summed E-state index contributed by atoms with van der Waals surface area (Å²) < 4.78 is 0. The van der Waals surface area contributed by atoms with Crippen LogP contribution >= 0.6 is 0 Å². The lowest BCUT2D eigenvalue weighted by Gasteiger charge is -2.34. The lowest BCUT2D eigenvalue weighted by atomic mass is 10.2. The van der Waals surface area contributed by atoms with E-state index in [0.717, 1.165) is 31.0 Å². The SMILES string of the molecule is C[C@@H]1CNCCN1c1n[nH]c2ccccc12. The number of hydrogen-bond donors (Lipinski definition) is 2. The van der Waals surface area contributed by atoms with Gasteiger partial charge in [0.05, 0.1) is 5.52 Å². The predicted octanol–water partition coefficient (Wildman–Crippen LogP) is 1.36. The summed E-state index contributed by atoms with van der Waals surface area (Å²) >= 11 is 0. The fraction of sp³-hybridized carbons (Fsp3) is 0.417. The highest BCUT2D eigenvalue weighted by Gasteiger charge is 2.21. The lowest BCUT2D eigenvalue weighted by molar-refractivity contribution is 0.498. The van der Waals surface area contributed by atoms with Gasteiger partial charge in [0.25, 0.3) is 0 Å². The quantitative estimate of drug-likeness (QED) is 0.756. The number of rotatable bonds is 1. The van der Waals surface area contributed by atoms with Crippen LogP contribution in [0.3, 0.4) is 0 Å². The predicted molar refractivity (Wildman–Crippen MR) is 65.8 cm³/mol. The third-order valence-corrected chi connectivity index (χ3v) is 3.22. The fourth-order valence-corrected chi connectivity index (χ4v) is 2.32. The zero-order valence-electron chi connectivity index (χ0n) is 9.40. The zero-order valence-corrected chi connectivity index (χ0v) is 9.40. The number of aromatic nitrogens is 2. The molecule has 1 aliphatic rings. The molecule has 4 nitrogen and oxygen atoms in total. The van der Waals surface area contributed by atoms with E-state index in [1.807, 2.05) is 6.07 Å². The van der Waals surface area contributed by atoms with Crippen molar-refractivity contribution in [2.45, 2.75) is 13.0 Å². The third-order valence-electron chi connectivity index (χ3n) is 3.22. The van der Waals surface area contributed by atoms with Crippen LogP contribution in [0.15, 0.2) is 24.3 Å². The Labute approximate surface area is 94.6 Å². The van der Waals surface area contributed by atoms with Crippen LogP contribution in [0.2, 0.25) is 0 Å². The van der Waals surface area contributed by atoms with E-state index in [1.165, 1.54) is 5.39 Å². The van der Waals surface area contributed by atoms with E-state index >= 15 is 0 Å². The van der Waals surface area contributed by atoms with Gasteiger partial charge >= 0.3 is 0 Å². The molecule has 1 aliphatic heterocycles. The van der Waals surface area contributed by atoms with E-state index in [0.29, 0.717) is 6.04 Å². The Hall–Kier alpha value is -1.55. The van der Waals surface area contributed by atoms with Crippen molar-refractivity contribution in [3.05, 3.63) is 24.3 Å². The van der Waals surface area contributed by atoms with Crippen LogP contribution in [0.25, 0.3) is 10.9 Å². The number of piperazine rings is 1. The summed E-state index contributed by atoms with van der Waals surface area (Å²) in [5, 5.41) is 12.2. The first-order valence-electron chi connectivity index (χ1n) is 5.77. The summed E-state index contributed by atoms with van der Waals surface area (Å²) in [4.78, 5) is 2.37. The summed E-state index contributed by atoms with van der Waals surface area (Å²) in [5.74, 6) is 1.09. The summed E-state index contributed by atoms with van der Waals surface area (Å²) in [6.45, 7) is 5.32. The molecule has 16 heavy (non-hydrogen) atoms. The Morgan fingerprint density at radius 3 is 3.12 bits per heavy atom. The normalized spacial score (nSPS) is 21.6. The molecule has 4 heteroatoms. The number of fused-ring (bicyclic) bond motifs is 1. The molecule has 1 atom stereocenters. The molecule has 0 bridgehead atoms. The van der Waals surface area contributed by atoms with Crippen LogP contribution in [-0.2, 0) is 0 Å². The van der Waals surface area contributed by atoms with E-state index in [-0.39, 0.29) is 0 Å². The maximum absolute atomic E-state index is 4.44. The number of aromatic amines is 1. The van der Waals surface area contributed by atoms with Gasteiger partial charge in [-0.3, -0.25) is 5.10 Å². The summed E-state index contributed by atoms with van der Waals surface area (Å²) in [7, 11) is 0. The first-order valence-corrected chi connectivity index (χ1v) is 5.77. The Morgan fingerprint density at radius 2 is 2.25 bits per heavy atom. The van der Waals surface area contributed by atoms with Crippen molar-refractivity contribution in [2.75, 3.05) is 24.5 Å². The largest absolute Gasteiger partial charge is 0.349 e. The number of hydrogen-bond acceptors (Lipinski definition) is 3. The number of anilines is 1. The molecule has 2 aromatic rings. The van der Waals surface area contributed by atoms with Crippen LogP contribution in [0.1, 0.15) is 6.92 Å². The molecule has 0 unspecified atom stereocenters. The molecule has 1 saturated heterocycles. The molecule has 0 radical (unpaired) electrons. The molecule has 1 aromatic carbocycles. The van der Waals surface area contributed by atoms with E-state index in [1.54, 1.807) is 0 Å². The molecule has 1 fully saturated rings. The van der Waals surface area contributed by atoms with Crippen molar-refractivity contribution in [2.24, 2.45) is 0 Å². The minimum atomic E-state index is 0.500. The molecular weight excluding hydrogens is 200 g/mol. The van der Waals surface area contributed by atoms with Crippen LogP contribution in [-0.4, -0.2) is 35.9 Å². The van der Waals surface area contributed by atoms with E-state index in [4.69, 9.17) is 0 Å². The molecule has 1 aromatic heterocycles. The topological polar surface area (TPSA) is 44.0 Å². The van der Waals surface area contributed by atoms with E-state index in [9.17, 15) is 0 Å². The zero-order chi connectivity index (χ0) is 11.0. The van der Waals surface area contributed by atoms with Gasteiger partial charge in [0.2, 0.25) is 0 Å². The van der Waals surface area contributed by atoms with Crippen molar-refractivity contribution in [3.63, 3.8) is 0 Å². The fourth-order valence-electron chi connectivity index (χ4n) is 2.32. The second kappa shape index (κ2) is 3.79. The van der Waals surface area contributed by atoms with Gasteiger partial charge in [-0.2, -0.15) is 5.10 Å². The lowest BCUT2D eigenvalue weighted by Crippen LogP contribution is -2.50. The smallest absolute Gasteiger partial charge is 0.158 e. The van der Waals surface area contributed by atoms with Gasteiger partial charge in [0.1, 0.15) is 0 Å². The van der Waals surface area contributed by atoms with Crippen LogP contribution < -0.4 is 10.2 Å². The van der Waals surface area contributed by atoms with Gasteiger partial charge < -0.3 is 10.2 Å². The first kappa shape index (κ1) is 9.66. The van der Waals surface area contributed by atoms with Gasteiger partial charge in [-0.15, -0.1) is 0 Å². The first-order chi connectivity index (χ1) is 7.86. The highest BCUT2D eigenvalue weighted by Crippen LogP contribution is 2.25. The monoisotopic (exact) mass is 216 g/mol. The average molecular weight is 216 g/mol. The Bertz CT molecular complexity index is 490. The Kier molecular flexibility index (Phi) is 2.29. The summed E-state index contributed by atoms with van der Waals surface area (Å²) in [6.07, 6.45) is 0. The third kappa shape index (κ3) is 1.46. The maximum Gasteiger partial charge on any atom is 0.158 e. The maximum atomic E-state index is 4.44. The Balaban J connectivity index is 2.04. The van der Waals surface area contributed by atoms with Gasteiger partial charge in [-0.1, -0.05) is 12.1 Å². The van der Waals surface area contributed by atoms with Gasteiger partial charge in [0.15, 0.2) is 5.82 Å². The number of nitrogens with zero attached hydrogens (tertiary/aromatic N) is 2. The van der Waals surface area contributed by atoms with Gasteiger partial charge in [0, 0.05) is 31.1 Å². The van der Waals surface area contributed by atoms with Crippen molar-refractivity contribution >= 4 is 16.7 Å². The highest BCUT2D eigenvalue weighted by atomic mass is 15.3. The van der Waals surface area contributed by atoms with Crippen molar-refractivity contribution in [3.8, 4) is 0 Å². The van der Waals surface area contributed by atoms with Crippen molar-refractivity contribution in [1.82, 2.24) is 15.5 Å². The standard InChI is InChI=1S/C12H16N4/c1-9-8-13-6-7-16(9)12-10-4-2-3-5-11(10)14-15-12/h2-5,9,13H,6-8H2,1H3,(H,14,15)/t9-/m1/s1. The second-order valence-electron chi connectivity index (χ2n) is 4.34. The number of H-pyrrole nitrogens is 1. The van der Waals surface area contributed by atoms with Crippen LogP contribution in [0, 0.1) is 0 Å². The minimum absolute atomic E-state index is 0.500. The molecule has 3 rings (SSSR count). The molecule has 0 amide bonds. The Morgan fingerprint density at radius 1 is 1.38 bits per heavy atom. The van der Waals surface area contributed by atoms with Gasteiger partial charge in [-0.05, 0) is 19.1 Å². The van der Waals surface area contributed by atoms with E-state index in [2.05, 4.69) is 45.5 Å². The van der Waals surface area contributed by atoms with Crippen molar-refractivity contribution < 1.29 is 0 Å². The van der Waals surface area contributed by atoms with Gasteiger partial charge in [-0.25, -0.2) is 0 Å². The van der Waals surface area contributed by atoms with Crippen molar-refractivity contribution in [1.29, 1.82) is 0 Å². The molecule has 0 saturated carbocycles. The van der Waals surface area contributed by atoms with E-state index < -0.39 is 0 Å². The van der Waals surface area contributed by atoms with Crippen LogP contribution in [0.5, 0.6) is 0 Å². The molecule has 84 valence electrons. The summed E-state index contributed by atoms with van der Waals surface area (Å²) in [6, 6.07) is 8.79. The minimum Gasteiger partial charge on any atom is -0.349 e. The van der Waals surface area contributed by atoms with Crippen LogP contribution in [0.4, 0.5) is 5.82 Å². The second-order valence-corrected chi connectivity index (χ2v) is 4.34. The molecule has 0 spiro atoms. The number of benzene rings is 1. The average Bonchev–Trinajstić information content (AvgIpc) is 2.74. The molecular formula is C12H16N4. The molecule has 0 aliphatic carbocycles. The molecule has 2 N–H and O–H groups in total. The highest BCUT2D eigenvalue weighted by molar-refractivity contribution is 5.90.